The number of nitrogens with zero attached hydrogens (tertiary/aromatic N) is 3. The van der Waals surface area contributed by atoms with E-state index in [2.05, 4.69) is 10.4 Å². The molecule has 9 heteroatoms. The molecule has 1 N–H and O–H groups in total. The molecule has 0 saturated heterocycles. The number of aryl methyl sites for hydroxylation is 2. The Morgan fingerprint density at radius 2 is 1.90 bits per heavy atom. The monoisotopic (exact) mass is 410 g/mol. The molecule has 2 heterocycles. The molecule has 1 aliphatic heterocycles. The van der Waals surface area contributed by atoms with Gasteiger partial charge in [-0.15, -0.1) is 0 Å². The number of benzene rings is 2. The fourth-order valence-electron chi connectivity index (χ4n) is 3.26. The number of fused-ring (bicyclic) bond motifs is 1. The summed E-state index contributed by atoms with van der Waals surface area (Å²) in [6.45, 7) is 3.59. The van der Waals surface area contributed by atoms with Crippen LogP contribution in [-0.2, 0) is 22.3 Å². The van der Waals surface area contributed by atoms with E-state index >= 15 is 0 Å². The molecule has 3 aromatic rings. The van der Waals surface area contributed by atoms with Crippen molar-refractivity contribution in [1.82, 2.24) is 9.78 Å². The van der Waals surface area contributed by atoms with Gasteiger partial charge in [0.2, 0.25) is 0 Å². The van der Waals surface area contributed by atoms with E-state index < -0.39 is 21.6 Å². The van der Waals surface area contributed by atoms with Gasteiger partial charge >= 0.3 is 0 Å². The first-order valence-corrected chi connectivity index (χ1v) is 10.4. The lowest BCUT2D eigenvalue weighted by Crippen LogP contribution is -2.17. The van der Waals surface area contributed by atoms with Crippen LogP contribution in [0, 0.1) is 24.0 Å². The van der Waals surface area contributed by atoms with Gasteiger partial charge in [0.05, 0.1) is 27.8 Å². The minimum absolute atomic E-state index is 0.115. The van der Waals surface area contributed by atoms with Crippen LogP contribution in [-0.4, -0.2) is 24.8 Å². The van der Waals surface area contributed by atoms with E-state index in [0.717, 1.165) is 16.8 Å². The number of aromatic nitrogens is 2. The van der Waals surface area contributed by atoms with Gasteiger partial charge in [0.1, 0.15) is 5.82 Å². The number of carbonyl (C=O) groups excluding carboxylic acids is 1. The van der Waals surface area contributed by atoms with Crippen molar-refractivity contribution in [1.29, 1.82) is 0 Å². The zero-order valence-corrected chi connectivity index (χ0v) is 16.7. The van der Waals surface area contributed by atoms with Gasteiger partial charge in [-0.2, -0.15) is 5.10 Å². The lowest BCUT2D eigenvalue weighted by Gasteiger charge is -2.11. The van der Waals surface area contributed by atoms with Crippen LogP contribution in [0.3, 0.4) is 0 Å². The van der Waals surface area contributed by atoms with Crippen LogP contribution in [0.25, 0.3) is 5.69 Å². The van der Waals surface area contributed by atoms with Crippen molar-refractivity contribution < 1.29 is 13.9 Å². The number of carbonyl (C=O) groups is 1. The predicted octanol–water partition coefficient (Wildman–Crippen LogP) is 3.41. The van der Waals surface area contributed by atoms with Crippen LogP contribution in [0.1, 0.15) is 32.7 Å². The fourth-order valence-corrected chi connectivity index (χ4v) is 4.52. The quantitative estimate of drug-likeness (QED) is 0.524. The van der Waals surface area contributed by atoms with Gasteiger partial charge in [0.25, 0.3) is 11.6 Å². The topological polar surface area (TPSA) is 107 Å². The fraction of sp³-hybridized carbons (Fsp3) is 0.200. The molecular weight excluding hydrogens is 392 g/mol. The van der Waals surface area contributed by atoms with E-state index in [0.29, 0.717) is 28.6 Å². The molecule has 0 bridgehead atoms. The Morgan fingerprint density at radius 3 is 2.59 bits per heavy atom. The number of nitrogens with one attached hydrogen (secondary N) is 1. The Morgan fingerprint density at radius 1 is 1.17 bits per heavy atom. The molecule has 8 nitrogen and oxygen atoms in total. The average molecular weight is 410 g/mol. The Hall–Kier alpha value is -3.33. The SMILES string of the molecule is Cc1ccc(-n2nc3c(c2NC(=O)c2ccc(C)c([N+](=O)[O-])c2)C[S@](=O)C3)cc1. The summed E-state index contributed by atoms with van der Waals surface area (Å²) in [7, 11) is -1.06. The first-order chi connectivity index (χ1) is 13.8. The summed E-state index contributed by atoms with van der Waals surface area (Å²) in [5, 5.41) is 18.6. The first kappa shape index (κ1) is 19.0. The van der Waals surface area contributed by atoms with Crippen molar-refractivity contribution in [3.63, 3.8) is 0 Å². The second kappa shape index (κ2) is 7.25. The Balaban J connectivity index is 1.74. The van der Waals surface area contributed by atoms with E-state index in [-0.39, 0.29) is 11.3 Å². The number of nitro benzene ring substituents is 1. The van der Waals surface area contributed by atoms with Crippen molar-refractivity contribution in [2.75, 3.05) is 5.32 Å². The second-order valence-corrected chi connectivity index (χ2v) is 8.42. The normalized spacial score (nSPS) is 15.2. The molecule has 2 aromatic carbocycles. The maximum absolute atomic E-state index is 12.9. The molecule has 1 aromatic heterocycles. The number of anilines is 1. The molecule has 0 unspecified atom stereocenters. The third-order valence-corrected chi connectivity index (χ3v) is 6.05. The molecule has 1 amide bonds. The molecule has 0 saturated carbocycles. The summed E-state index contributed by atoms with van der Waals surface area (Å²) in [6.07, 6.45) is 0. The van der Waals surface area contributed by atoms with Crippen LogP contribution < -0.4 is 5.32 Å². The molecule has 1 atom stereocenters. The number of nitro groups is 1. The summed E-state index contributed by atoms with van der Waals surface area (Å²) in [4.78, 5) is 23.6. The zero-order chi connectivity index (χ0) is 20.7. The first-order valence-electron chi connectivity index (χ1n) is 8.92. The van der Waals surface area contributed by atoms with Gasteiger partial charge in [-0.05, 0) is 32.0 Å². The highest BCUT2D eigenvalue weighted by Crippen LogP contribution is 2.32. The zero-order valence-electron chi connectivity index (χ0n) is 15.8. The Labute approximate surface area is 169 Å². The van der Waals surface area contributed by atoms with Gasteiger partial charge in [-0.1, -0.05) is 23.8 Å². The van der Waals surface area contributed by atoms with Crippen molar-refractivity contribution in [3.8, 4) is 5.69 Å². The second-order valence-electron chi connectivity index (χ2n) is 6.96. The Bertz CT molecular complexity index is 1170. The van der Waals surface area contributed by atoms with Crippen molar-refractivity contribution in [2.45, 2.75) is 25.4 Å². The summed E-state index contributed by atoms with van der Waals surface area (Å²) < 4.78 is 13.6. The standard InChI is InChI=1S/C20H18N4O4S/c1-12-3-7-15(8-4-12)23-19(16-10-29(28)11-17(16)22-23)21-20(25)14-6-5-13(2)18(9-14)24(26)27/h3-9H,10-11H2,1-2H3,(H,21,25)/t29-/m0/s1. The highest BCUT2D eigenvalue weighted by molar-refractivity contribution is 7.83. The maximum Gasteiger partial charge on any atom is 0.273 e. The van der Waals surface area contributed by atoms with Crippen LogP contribution in [0.4, 0.5) is 11.5 Å². The molecule has 0 spiro atoms. The molecule has 148 valence electrons. The molecule has 0 aliphatic carbocycles. The van der Waals surface area contributed by atoms with Crippen molar-refractivity contribution in [3.05, 3.63) is 80.5 Å². The minimum Gasteiger partial charge on any atom is -0.306 e. The van der Waals surface area contributed by atoms with E-state index in [1.54, 1.807) is 23.7 Å². The van der Waals surface area contributed by atoms with Gasteiger partial charge in [-0.3, -0.25) is 19.1 Å². The molecule has 29 heavy (non-hydrogen) atoms. The third-order valence-electron chi connectivity index (χ3n) is 4.85. The number of hydrogen-bond acceptors (Lipinski definition) is 5. The molecular formula is C20H18N4O4S. The van der Waals surface area contributed by atoms with Gasteiger partial charge in [0.15, 0.2) is 0 Å². The van der Waals surface area contributed by atoms with E-state index in [9.17, 15) is 19.1 Å². The van der Waals surface area contributed by atoms with Crippen LogP contribution >= 0.6 is 0 Å². The lowest BCUT2D eigenvalue weighted by atomic mass is 10.1. The molecule has 0 radical (unpaired) electrons. The predicted molar refractivity (Wildman–Crippen MR) is 110 cm³/mol. The van der Waals surface area contributed by atoms with Crippen molar-refractivity contribution in [2.24, 2.45) is 0 Å². The highest BCUT2D eigenvalue weighted by Gasteiger charge is 2.28. The lowest BCUT2D eigenvalue weighted by molar-refractivity contribution is -0.385. The van der Waals surface area contributed by atoms with E-state index in [4.69, 9.17) is 0 Å². The smallest absolute Gasteiger partial charge is 0.273 e. The molecule has 4 rings (SSSR count). The summed E-state index contributed by atoms with van der Waals surface area (Å²) in [5.74, 6) is 0.613. The van der Waals surface area contributed by atoms with Crippen LogP contribution in [0.15, 0.2) is 42.5 Å². The maximum atomic E-state index is 12.9. The summed E-state index contributed by atoms with van der Waals surface area (Å²) >= 11 is 0. The van der Waals surface area contributed by atoms with Crippen molar-refractivity contribution >= 4 is 28.2 Å². The van der Waals surface area contributed by atoms with E-state index in [1.807, 2.05) is 31.2 Å². The number of rotatable bonds is 4. The van der Waals surface area contributed by atoms with E-state index in [1.165, 1.54) is 6.07 Å². The van der Waals surface area contributed by atoms with Crippen LogP contribution in [0.2, 0.25) is 0 Å². The summed E-state index contributed by atoms with van der Waals surface area (Å²) in [5.41, 5.74) is 3.82. The van der Waals surface area contributed by atoms with Gasteiger partial charge in [0, 0.05) is 33.6 Å². The molecule has 1 aliphatic rings. The largest absolute Gasteiger partial charge is 0.306 e. The molecule has 0 fully saturated rings. The van der Waals surface area contributed by atoms with Crippen LogP contribution in [0.5, 0.6) is 0 Å². The number of amides is 1. The Kier molecular flexibility index (Phi) is 4.75. The third kappa shape index (κ3) is 3.56. The summed E-state index contributed by atoms with van der Waals surface area (Å²) in [6, 6.07) is 12.0. The van der Waals surface area contributed by atoms with Gasteiger partial charge in [-0.25, -0.2) is 4.68 Å². The number of hydrogen-bond donors (Lipinski definition) is 1. The average Bonchev–Trinajstić information content (AvgIpc) is 3.19. The minimum atomic E-state index is -1.06. The highest BCUT2D eigenvalue weighted by atomic mass is 32.2. The van der Waals surface area contributed by atoms with Gasteiger partial charge < -0.3 is 5.32 Å².